The van der Waals surface area contributed by atoms with Crippen molar-refractivity contribution in [1.82, 2.24) is 10.3 Å². The summed E-state index contributed by atoms with van der Waals surface area (Å²) < 4.78 is 11.4. The van der Waals surface area contributed by atoms with Gasteiger partial charge in [0.05, 0.1) is 19.3 Å². The van der Waals surface area contributed by atoms with E-state index in [0.717, 1.165) is 53.7 Å². The van der Waals surface area contributed by atoms with Crippen molar-refractivity contribution in [1.29, 1.82) is 0 Å². The number of amides is 2. The molecule has 11 heteroatoms. The van der Waals surface area contributed by atoms with Crippen molar-refractivity contribution in [2.75, 3.05) is 19.0 Å². The van der Waals surface area contributed by atoms with Crippen LogP contribution < -0.4 is 21.1 Å². The van der Waals surface area contributed by atoms with Crippen molar-refractivity contribution in [3.05, 3.63) is 88.1 Å². The van der Waals surface area contributed by atoms with Crippen LogP contribution in [-0.4, -0.2) is 52.7 Å². The lowest BCUT2D eigenvalue weighted by Gasteiger charge is -2.72. The quantitative estimate of drug-likeness (QED) is 0.192. The maximum Gasteiger partial charge on any atom is 0.357 e. The Hall–Kier alpha value is -4.58. The molecule has 5 aliphatic rings. The monoisotopic (exact) mass is 676 g/mol. The average Bonchev–Trinajstić information content (AvgIpc) is 3.70. The Morgan fingerprint density at radius 3 is 2.59 bits per heavy atom. The first-order valence-electron chi connectivity index (χ1n) is 16.8. The summed E-state index contributed by atoms with van der Waals surface area (Å²) in [6, 6.07) is 16.2. The van der Waals surface area contributed by atoms with Gasteiger partial charge in [-0.2, -0.15) is 0 Å². The fourth-order valence-corrected chi connectivity index (χ4v) is 11.0. The predicted octanol–water partition coefficient (Wildman–Crippen LogP) is 5.33. The summed E-state index contributed by atoms with van der Waals surface area (Å²) in [6.07, 6.45) is 4.80. The maximum atomic E-state index is 14.1. The highest BCUT2D eigenvalue weighted by Crippen LogP contribution is 2.83. The molecule has 9 rings (SSSR count). The molecule has 0 saturated heterocycles. The van der Waals surface area contributed by atoms with Crippen LogP contribution in [-0.2, 0) is 17.7 Å². The minimum Gasteiger partial charge on any atom is -0.493 e. The summed E-state index contributed by atoms with van der Waals surface area (Å²) >= 11 is 1.58. The molecule has 2 aromatic heterocycles. The van der Waals surface area contributed by atoms with Gasteiger partial charge in [0.2, 0.25) is 0 Å². The van der Waals surface area contributed by atoms with Crippen LogP contribution in [0.3, 0.4) is 0 Å². The topological polar surface area (TPSA) is 153 Å². The molecule has 1 aliphatic heterocycles. The molecule has 5 atom stereocenters. The second-order valence-electron chi connectivity index (χ2n) is 14.4. The minimum atomic E-state index is -0.737. The minimum absolute atomic E-state index is 0.0281. The number of esters is 1. The highest BCUT2D eigenvalue weighted by Gasteiger charge is 2.84. The molecule has 3 heterocycles. The number of fused-ring (bicyclic) bond motifs is 4. The van der Waals surface area contributed by atoms with E-state index in [1.807, 2.05) is 17.5 Å². The van der Waals surface area contributed by atoms with Crippen LogP contribution in [0.1, 0.15) is 74.6 Å². The van der Waals surface area contributed by atoms with Gasteiger partial charge in [-0.1, -0.05) is 12.1 Å². The molecule has 5 N–H and O–H groups in total. The van der Waals surface area contributed by atoms with Crippen molar-refractivity contribution < 1.29 is 29.0 Å². The standard InChI is InChI=1S/C38H36N4O6S/c1-47-35(45)31-25(6-7-29(41-31)34(44)42-37-16-23-12-22-15-36(46,18-37)19-38(22,23)37)26-14-30-28(32-21(8-10-48-30)9-11-49-32)13-27(26)33(43)40-24-4-2-20(17-39)3-5-24/h2-7,9,11,13-14,22-23,46H,8,10,12,15-19,39H2,1H3,(H,40,43)(H,42,44). The van der Waals surface area contributed by atoms with E-state index >= 15 is 0 Å². The summed E-state index contributed by atoms with van der Waals surface area (Å²) in [5.41, 5.74) is 9.07. The summed E-state index contributed by atoms with van der Waals surface area (Å²) in [5.74, 6) is 0.0498. The molecule has 2 amide bonds. The second kappa shape index (κ2) is 10.7. The normalized spacial score (nSPS) is 28.1. The van der Waals surface area contributed by atoms with Crippen molar-refractivity contribution in [2.24, 2.45) is 23.0 Å². The number of thiophene rings is 1. The fourth-order valence-electron chi connectivity index (χ4n) is 9.99. The number of nitrogens with zero attached hydrogens (tertiary/aromatic N) is 1. The maximum absolute atomic E-state index is 14.1. The van der Waals surface area contributed by atoms with E-state index in [0.29, 0.717) is 59.5 Å². The Morgan fingerprint density at radius 2 is 1.84 bits per heavy atom. The van der Waals surface area contributed by atoms with Gasteiger partial charge in [0, 0.05) is 56.7 Å². The van der Waals surface area contributed by atoms with E-state index in [-0.39, 0.29) is 28.6 Å². The van der Waals surface area contributed by atoms with Crippen LogP contribution in [0, 0.1) is 17.3 Å². The highest BCUT2D eigenvalue weighted by atomic mass is 32.1. The number of pyridine rings is 1. The number of ether oxygens (including phenoxy) is 2. The lowest BCUT2D eigenvalue weighted by molar-refractivity contribution is -0.206. The number of benzene rings is 2. The van der Waals surface area contributed by atoms with Crippen molar-refractivity contribution in [2.45, 2.75) is 56.2 Å². The molecule has 4 aliphatic carbocycles. The number of nitrogens with two attached hydrogens (primary N) is 1. The summed E-state index contributed by atoms with van der Waals surface area (Å²) in [6.45, 7) is 0.839. The molecule has 4 saturated carbocycles. The zero-order valence-electron chi connectivity index (χ0n) is 27.0. The van der Waals surface area contributed by atoms with Gasteiger partial charge in [-0.05, 0) is 103 Å². The van der Waals surface area contributed by atoms with Gasteiger partial charge in [-0.15, -0.1) is 11.3 Å². The third kappa shape index (κ3) is 4.38. The number of rotatable bonds is 7. The van der Waals surface area contributed by atoms with E-state index in [1.54, 1.807) is 47.7 Å². The summed E-state index contributed by atoms with van der Waals surface area (Å²) in [4.78, 5) is 46.9. The van der Waals surface area contributed by atoms with Crippen LogP contribution in [0.4, 0.5) is 5.69 Å². The molecule has 0 radical (unpaired) electrons. The largest absolute Gasteiger partial charge is 0.493 e. The van der Waals surface area contributed by atoms with E-state index < -0.39 is 17.1 Å². The van der Waals surface area contributed by atoms with Crippen LogP contribution >= 0.6 is 11.3 Å². The smallest absolute Gasteiger partial charge is 0.357 e. The van der Waals surface area contributed by atoms with Gasteiger partial charge in [-0.25, -0.2) is 9.78 Å². The molecule has 10 nitrogen and oxygen atoms in total. The van der Waals surface area contributed by atoms with E-state index in [2.05, 4.69) is 21.7 Å². The number of carbonyl (C=O) groups excluding carboxylic acids is 3. The Labute approximate surface area is 287 Å². The SMILES string of the molecule is COC(=O)c1nc(C(=O)NC23CC4CC5CC(O)(C2)CC543)ccc1-c1cc2c(cc1C(=O)Nc1ccc(CN)cc1)-c1sccc1CCO2. The molecule has 1 spiro atoms. The number of methoxy groups -OCH3 is 1. The van der Waals surface area contributed by atoms with Gasteiger partial charge in [-0.3, -0.25) is 9.59 Å². The molecule has 250 valence electrons. The molecule has 49 heavy (non-hydrogen) atoms. The highest BCUT2D eigenvalue weighted by molar-refractivity contribution is 7.13. The van der Waals surface area contributed by atoms with Gasteiger partial charge in [0.25, 0.3) is 11.8 Å². The van der Waals surface area contributed by atoms with Gasteiger partial charge in [0.1, 0.15) is 11.4 Å². The molecule has 5 unspecified atom stereocenters. The fraction of sp³-hybridized carbons (Fsp3) is 0.368. The van der Waals surface area contributed by atoms with Crippen molar-refractivity contribution >= 4 is 34.8 Å². The Balaban J connectivity index is 1.11. The van der Waals surface area contributed by atoms with Crippen LogP contribution in [0.15, 0.2) is 60.0 Å². The molecule has 2 bridgehead atoms. The summed E-state index contributed by atoms with van der Waals surface area (Å²) in [5, 5.41) is 19.5. The van der Waals surface area contributed by atoms with Crippen molar-refractivity contribution in [3.63, 3.8) is 0 Å². The van der Waals surface area contributed by atoms with Gasteiger partial charge < -0.3 is 30.9 Å². The molecule has 2 aromatic carbocycles. The second-order valence-corrected chi connectivity index (χ2v) is 15.3. The number of carbonyl (C=O) groups is 3. The third-order valence-electron chi connectivity index (χ3n) is 12.0. The number of nitrogens with one attached hydrogen (secondary N) is 2. The van der Waals surface area contributed by atoms with E-state index in [9.17, 15) is 19.5 Å². The van der Waals surface area contributed by atoms with Gasteiger partial charge >= 0.3 is 5.97 Å². The number of aromatic nitrogens is 1. The lowest BCUT2D eigenvalue weighted by Crippen LogP contribution is -2.77. The van der Waals surface area contributed by atoms with Gasteiger partial charge in [0.15, 0.2) is 5.69 Å². The molecule has 4 fully saturated rings. The average molecular weight is 677 g/mol. The van der Waals surface area contributed by atoms with E-state index in [1.165, 1.54) is 7.11 Å². The Bertz CT molecular complexity index is 2080. The number of hydrogen-bond acceptors (Lipinski definition) is 9. The first-order valence-corrected chi connectivity index (χ1v) is 17.7. The van der Waals surface area contributed by atoms with Crippen molar-refractivity contribution in [3.8, 4) is 27.3 Å². The molecule has 4 aromatic rings. The summed E-state index contributed by atoms with van der Waals surface area (Å²) in [7, 11) is 1.26. The Morgan fingerprint density at radius 1 is 1.02 bits per heavy atom. The Kier molecular flexibility index (Phi) is 6.66. The van der Waals surface area contributed by atoms with E-state index in [4.69, 9.17) is 15.2 Å². The predicted molar refractivity (Wildman–Crippen MR) is 183 cm³/mol. The number of hydrogen-bond donors (Lipinski definition) is 4. The van der Waals surface area contributed by atoms with Crippen LogP contribution in [0.2, 0.25) is 0 Å². The number of anilines is 1. The third-order valence-corrected chi connectivity index (χ3v) is 13.0. The number of aliphatic hydroxyl groups is 1. The first-order chi connectivity index (χ1) is 23.7. The van der Waals surface area contributed by atoms with Crippen LogP contribution in [0.25, 0.3) is 21.6 Å². The zero-order valence-corrected chi connectivity index (χ0v) is 27.8. The molecular weight excluding hydrogens is 641 g/mol. The van der Waals surface area contributed by atoms with Crippen LogP contribution in [0.5, 0.6) is 5.75 Å². The lowest BCUT2D eigenvalue weighted by atomic mass is 9.35. The first kappa shape index (κ1) is 30.5. The zero-order chi connectivity index (χ0) is 33.7. The molecular formula is C38H36N4O6S.